The molecule has 0 aliphatic rings. The van der Waals surface area contributed by atoms with E-state index in [0.29, 0.717) is 6.42 Å². The second-order valence-corrected chi connectivity index (χ2v) is 14.9. The molecule has 0 aromatic heterocycles. The van der Waals surface area contributed by atoms with Crippen LogP contribution in [0.1, 0.15) is 149 Å². The molecule has 1 N–H and O–H groups in total. The van der Waals surface area contributed by atoms with Crippen molar-refractivity contribution in [3.05, 3.63) is 24.3 Å². The molecule has 0 spiro atoms. The lowest BCUT2D eigenvalue weighted by atomic mass is 10.1. The first-order valence-corrected chi connectivity index (χ1v) is 19.1. The number of aliphatic hydroxyl groups excluding tert-OH is 1. The third-order valence-corrected chi connectivity index (χ3v) is 10.1. The Kier molecular flexibility index (Phi) is 26.7. The molecule has 2 unspecified atom stereocenters. The molecular formula is C35H68NO6P. The van der Waals surface area contributed by atoms with Gasteiger partial charge in [-0.3, -0.25) is 4.79 Å². The zero-order chi connectivity index (χ0) is 32.2. The molecule has 43 heavy (non-hydrogen) atoms. The van der Waals surface area contributed by atoms with Gasteiger partial charge < -0.3 is 28.3 Å². The average Bonchev–Trinajstić information content (AvgIpc) is 2.94. The topological polar surface area (TPSA) is 95.9 Å². The number of carbonyl (C=O) groups is 1. The van der Waals surface area contributed by atoms with Crippen LogP contribution in [0, 0.1) is 0 Å². The number of aliphatic hydroxyl groups is 1. The largest absolute Gasteiger partial charge is 0.774 e. The van der Waals surface area contributed by atoms with E-state index in [2.05, 4.69) is 31.2 Å². The summed E-state index contributed by atoms with van der Waals surface area (Å²) in [4.78, 5) is 24.4. The van der Waals surface area contributed by atoms with Crippen LogP contribution in [0.3, 0.4) is 0 Å². The Labute approximate surface area is 265 Å². The fourth-order valence-electron chi connectivity index (χ4n) is 5.23. The number of nitrogens with zero attached hydrogens (tertiary/aromatic N) is 1. The minimum Gasteiger partial charge on any atom is -0.774 e. The maximum atomic E-state index is 12.4. The molecule has 0 radical (unpaired) electrons. The summed E-state index contributed by atoms with van der Waals surface area (Å²) < 4.78 is 22.8. The highest BCUT2D eigenvalue weighted by atomic mass is 31.2. The summed E-state index contributed by atoms with van der Waals surface area (Å²) in [6, 6.07) is 0. The summed E-state index contributed by atoms with van der Waals surface area (Å²) in [5.74, 6) is -1.08. The first-order chi connectivity index (χ1) is 20.5. The van der Waals surface area contributed by atoms with Gasteiger partial charge in [-0.2, -0.15) is 0 Å². The Balaban J connectivity index is 3.58. The monoisotopic (exact) mass is 629 g/mol. The number of unbranched alkanes of at least 4 members (excludes halogenated alkanes) is 16. The van der Waals surface area contributed by atoms with E-state index in [9.17, 15) is 19.4 Å². The zero-order valence-corrected chi connectivity index (χ0v) is 29.5. The van der Waals surface area contributed by atoms with Crippen molar-refractivity contribution in [2.45, 2.75) is 161 Å². The Hall–Kier alpha value is -0.980. The highest BCUT2D eigenvalue weighted by Crippen LogP contribution is 2.47. The van der Waals surface area contributed by atoms with Crippen molar-refractivity contribution in [1.82, 2.24) is 0 Å². The van der Waals surface area contributed by atoms with E-state index in [-0.39, 0.29) is 23.5 Å². The molecule has 0 aliphatic heterocycles. The second-order valence-electron chi connectivity index (χ2n) is 13.0. The van der Waals surface area contributed by atoms with Gasteiger partial charge >= 0.3 is 5.97 Å². The molecule has 7 nitrogen and oxygen atoms in total. The minimum absolute atomic E-state index is 0.218. The van der Waals surface area contributed by atoms with Crippen molar-refractivity contribution < 1.29 is 33.1 Å². The van der Waals surface area contributed by atoms with Crippen LogP contribution < -0.4 is 4.89 Å². The van der Waals surface area contributed by atoms with Gasteiger partial charge in [-0.05, 0) is 57.8 Å². The molecule has 0 heterocycles. The number of rotatable bonds is 30. The number of esters is 1. The van der Waals surface area contributed by atoms with Crippen LogP contribution in [-0.4, -0.2) is 61.8 Å². The maximum Gasteiger partial charge on any atom is 0.305 e. The normalized spacial score (nSPS) is 15.2. The molecule has 0 rings (SSSR count). The molecule has 0 aromatic rings. The SMILES string of the molecule is CCCCCCC/C=C\CCCCCCCCCC/C=C\CCCCC(=O)OC[C@@H](O)COP(=O)([O-])C(CC)[N+](C)(C)C. The summed E-state index contributed by atoms with van der Waals surface area (Å²) in [7, 11) is 1.20. The van der Waals surface area contributed by atoms with E-state index in [1.54, 1.807) is 28.1 Å². The van der Waals surface area contributed by atoms with Crippen LogP contribution in [0.2, 0.25) is 0 Å². The lowest BCUT2D eigenvalue weighted by Gasteiger charge is -2.41. The van der Waals surface area contributed by atoms with Gasteiger partial charge in [-0.1, -0.05) is 102 Å². The highest BCUT2D eigenvalue weighted by molar-refractivity contribution is 7.51. The smallest absolute Gasteiger partial charge is 0.305 e. The van der Waals surface area contributed by atoms with Crippen molar-refractivity contribution >= 4 is 13.6 Å². The number of hydrogen-bond donors (Lipinski definition) is 1. The Bertz CT molecular complexity index is 764. The van der Waals surface area contributed by atoms with Crippen molar-refractivity contribution in [2.24, 2.45) is 0 Å². The number of carbonyl (C=O) groups excluding carboxylic acids is 1. The van der Waals surface area contributed by atoms with Crippen LogP contribution in [-0.2, 0) is 18.6 Å². The maximum absolute atomic E-state index is 12.4. The minimum atomic E-state index is -4.16. The van der Waals surface area contributed by atoms with Crippen LogP contribution >= 0.6 is 7.60 Å². The zero-order valence-electron chi connectivity index (χ0n) is 28.6. The highest BCUT2D eigenvalue weighted by Gasteiger charge is 2.34. The van der Waals surface area contributed by atoms with Gasteiger partial charge in [-0.15, -0.1) is 0 Å². The van der Waals surface area contributed by atoms with Crippen LogP contribution in [0.4, 0.5) is 0 Å². The molecule has 0 aliphatic carbocycles. The van der Waals surface area contributed by atoms with Gasteiger partial charge in [0, 0.05) is 12.8 Å². The Morgan fingerprint density at radius 1 is 0.721 bits per heavy atom. The Morgan fingerprint density at radius 2 is 1.14 bits per heavy atom. The predicted octanol–water partition coefficient (Wildman–Crippen LogP) is 8.84. The predicted molar refractivity (Wildman–Crippen MR) is 179 cm³/mol. The van der Waals surface area contributed by atoms with E-state index in [4.69, 9.17) is 9.26 Å². The average molecular weight is 630 g/mol. The third kappa shape index (κ3) is 26.0. The van der Waals surface area contributed by atoms with E-state index in [1.807, 2.05) is 0 Å². The number of quaternary nitrogens is 1. The molecule has 254 valence electrons. The van der Waals surface area contributed by atoms with Gasteiger partial charge in [0.2, 0.25) is 0 Å². The van der Waals surface area contributed by atoms with Crippen molar-refractivity contribution in [3.8, 4) is 0 Å². The van der Waals surface area contributed by atoms with Crippen LogP contribution in [0.15, 0.2) is 24.3 Å². The first kappa shape index (κ1) is 42.0. The summed E-state index contributed by atoms with van der Waals surface area (Å²) in [5.41, 5.74) is 0. The molecule has 0 amide bonds. The molecule has 0 saturated carbocycles. The summed E-state index contributed by atoms with van der Waals surface area (Å²) in [6.45, 7) is 3.38. The first-order valence-electron chi connectivity index (χ1n) is 17.4. The van der Waals surface area contributed by atoms with Gasteiger partial charge in [0.25, 0.3) is 0 Å². The second kappa shape index (κ2) is 27.3. The quantitative estimate of drug-likeness (QED) is 0.0280. The standard InChI is InChI=1S/C35H68NO6P/c1-6-8-9-10-11-12-13-14-15-16-17-18-19-20-21-22-23-24-25-26-27-28-29-30-35(38)41-31-33(37)32-42-43(39,40)34(7-2)36(3,4)5/h13-14,25-26,33-34,37H,6-12,15-24,27-32H2,1-5H3/b14-13-,26-25-/t33-,34?/m1/s1. The van der Waals surface area contributed by atoms with Gasteiger partial charge in [0.05, 0.1) is 27.7 Å². The lowest BCUT2D eigenvalue weighted by molar-refractivity contribution is -0.884. The summed E-state index contributed by atoms with van der Waals surface area (Å²) in [5, 5.41) is 10.00. The number of ether oxygens (including phenoxy) is 1. The van der Waals surface area contributed by atoms with Crippen molar-refractivity contribution in [3.63, 3.8) is 0 Å². The lowest BCUT2D eigenvalue weighted by Crippen LogP contribution is -2.47. The fourth-order valence-corrected chi connectivity index (χ4v) is 7.08. The van der Waals surface area contributed by atoms with E-state index < -0.39 is 26.1 Å². The Morgan fingerprint density at radius 3 is 1.56 bits per heavy atom. The van der Waals surface area contributed by atoms with Crippen LogP contribution in [0.25, 0.3) is 0 Å². The third-order valence-electron chi connectivity index (χ3n) is 7.81. The molecule has 8 heteroatoms. The fraction of sp³-hybridized carbons (Fsp3) is 0.857. The molecule has 0 fully saturated rings. The number of hydrogen-bond acceptors (Lipinski definition) is 6. The summed E-state index contributed by atoms with van der Waals surface area (Å²) in [6.07, 6.45) is 32.5. The summed E-state index contributed by atoms with van der Waals surface area (Å²) >= 11 is 0. The molecule has 0 aromatic carbocycles. The van der Waals surface area contributed by atoms with Crippen molar-refractivity contribution in [1.29, 1.82) is 0 Å². The molecule has 3 atom stereocenters. The number of allylic oxidation sites excluding steroid dienone is 4. The van der Waals surface area contributed by atoms with Crippen LogP contribution in [0.5, 0.6) is 0 Å². The van der Waals surface area contributed by atoms with Gasteiger partial charge in [0.15, 0.2) is 13.4 Å². The van der Waals surface area contributed by atoms with Gasteiger partial charge in [0.1, 0.15) is 12.7 Å². The van der Waals surface area contributed by atoms with Gasteiger partial charge in [-0.25, -0.2) is 0 Å². The van der Waals surface area contributed by atoms with E-state index in [1.165, 1.54) is 96.3 Å². The molecule has 0 bridgehead atoms. The van der Waals surface area contributed by atoms with E-state index in [0.717, 1.165) is 25.7 Å². The van der Waals surface area contributed by atoms with Crippen molar-refractivity contribution in [2.75, 3.05) is 34.4 Å². The molecular weight excluding hydrogens is 561 g/mol. The molecule has 0 saturated heterocycles. The van der Waals surface area contributed by atoms with E-state index >= 15 is 0 Å².